The third-order valence-electron chi connectivity index (χ3n) is 3.67. The van der Waals surface area contributed by atoms with E-state index in [1.54, 1.807) is 0 Å². The monoisotopic (exact) mass is 299 g/mol. The van der Waals surface area contributed by atoms with Crippen LogP contribution in [0.1, 0.15) is 24.1 Å². The molecule has 8 heteroatoms. The molecule has 0 bridgehead atoms. The minimum Gasteiger partial charge on any atom is -0.368 e. The Balaban J connectivity index is 2.03. The number of sulfonamides is 1. The third kappa shape index (κ3) is 3.37. The van der Waals surface area contributed by atoms with E-state index in [2.05, 4.69) is 15.3 Å². The van der Waals surface area contributed by atoms with Crippen molar-refractivity contribution in [3.05, 3.63) is 11.3 Å². The quantitative estimate of drug-likeness (QED) is 0.843. The molecule has 1 fully saturated rings. The minimum atomic E-state index is -3.08. The average Bonchev–Trinajstić information content (AvgIpc) is 2.35. The molecule has 0 unspecified atom stereocenters. The van der Waals surface area contributed by atoms with Crippen molar-refractivity contribution >= 4 is 21.8 Å². The van der Waals surface area contributed by atoms with Gasteiger partial charge in [0, 0.05) is 30.4 Å². The summed E-state index contributed by atoms with van der Waals surface area (Å²) in [6.45, 7) is 4.91. The topological polar surface area (TPSA) is 101 Å². The predicted octanol–water partition coefficient (Wildman–Crippen LogP) is 0.512. The van der Waals surface area contributed by atoms with Crippen molar-refractivity contribution in [2.45, 2.75) is 32.7 Å². The fourth-order valence-corrected chi connectivity index (χ4v) is 3.19. The van der Waals surface area contributed by atoms with Crippen LogP contribution < -0.4 is 11.1 Å². The van der Waals surface area contributed by atoms with Gasteiger partial charge in [0.1, 0.15) is 5.82 Å². The highest BCUT2D eigenvalue weighted by atomic mass is 32.2. The highest BCUT2D eigenvalue weighted by molar-refractivity contribution is 7.88. The fourth-order valence-electron chi connectivity index (χ4n) is 2.32. The summed E-state index contributed by atoms with van der Waals surface area (Å²) in [5.74, 6) is 0.997. The summed E-state index contributed by atoms with van der Waals surface area (Å²) in [6.07, 6.45) is 2.77. The Morgan fingerprint density at radius 2 is 1.85 bits per heavy atom. The number of hydrogen-bond donors (Lipinski definition) is 2. The molecule has 2 rings (SSSR count). The van der Waals surface area contributed by atoms with Gasteiger partial charge in [-0.05, 0) is 26.7 Å². The maximum Gasteiger partial charge on any atom is 0.222 e. The van der Waals surface area contributed by atoms with Crippen LogP contribution in [0.2, 0.25) is 0 Å². The maximum atomic E-state index is 11.5. The first kappa shape index (κ1) is 15.0. The first-order valence-corrected chi connectivity index (χ1v) is 8.44. The van der Waals surface area contributed by atoms with Crippen LogP contribution in [-0.4, -0.2) is 48.1 Å². The molecule has 0 saturated carbocycles. The number of rotatable bonds is 3. The highest BCUT2D eigenvalue weighted by Gasteiger charge is 2.25. The smallest absolute Gasteiger partial charge is 0.222 e. The zero-order chi connectivity index (χ0) is 14.9. The summed E-state index contributed by atoms with van der Waals surface area (Å²) >= 11 is 0. The summed E-state index contributed by atoms with van der Waals surface area (Å²) in [7, 11) is -3.08. The van der Waals surface area contributed by atoms with Crippen LogP contribution in [0.4, 0.5) is 11.8 Å². The Labute approximate surface area is 119 Å². The average molecular weight is 299 g/mol. The number of aromatic nitrogens is 2. The van der Waals surface area contributed by atoms with Crippen molar-refractivity contribution in [1.82, 2.24) is 14.3 Å². The second kappa shape index (κ2) is 5.53. The number of piperidine rings is 1. The molecule has 2 heterocycles. The van der Waals surface area contributed by atoms with E-state index in [9.17, 15) is 8.42 Å². The van der Waals surface area contributed by atoms with Gasteiger partial charge in [-0.25, -0.2) is 17.7 Å². The van der Waals surface area contributed by atoms with E-state index in [4.69, 9.17) is 5.73 Å². The minimum absolute atomic E-state index is 0.209. The Hall–Kier alpha value is -1.41. The van der Waals surface area contributed by atoms with Crippen LogP contribution >= 0.6 is 0 Å². The molecule has 0 radical (unpaired) electrons. The molecule has 1 aliphatic rings. The summed E-state index contributed by atoms with van der Waals surface area (Å²) in [5.41, 5.74) is 7.49. The molecule has 1 aromatic heterocycles. The number of nitrogens with two attached hydrogens (primary N) is 1. The van der Waals surface area contributed by atoms with Crippen molar-refractivity contribution in [3.63, 3.8) is 0 Å². The van der Waals surface area contributed by atoms with Crippen LogP contribution in [-0.2, 0) is 10.0 Å². The molecule has 0 amide bonds. The molecular weight excluding hydrogens is 278 g/mol. The van der Waals surface area contributed by atoms with Gasteiger partial charge in [0.2, 0.25) is 16.0 Å². The predicted molar refractivity (Wildman–Crippen MR) is 79.0 cm³/mol. The van der Waals surface area contributed by atoms with Gasteiger partial charge >= 0.3 is 0 Å². The molecular formula is C12H21N5O2S. The number of nitrogen functional groups attached to an aromatic ring is 1. The molecule has 0 spiro atoms. The molecule has 0 atom stereocenters. The van der Waals surface area contributed by atoms with Crippen LogP contribution in [0.3, 0.4) is 0 Å². The van der Waals surface area contributed by atoms with Crippen molar-refractivity contribution in [2.75, 3.05) is 30.4 Å². The van der Waals surface area contributed by atoms with Crippen LogP contribution in [0, 0.1) is 13.8 Å². The van der Waals surface area contributed by atoms with E-state index < -0.39 is 10.0 Å². The Bertz CT molecular complexity index is 594. The van der Waals surface area contributed by atoms with Gasteiger partial charge in [0.15, 0.2) is 0 Å². The van der Waals surface area contributed by atoms with Crippen molar-refractivity contribution in [3.8, 4) is 0 Å². The Kier molecular flexibility index (Phi) is 4.14. The van der Waals surface area contributed by atoms with Crippen molar-refractivity contribution < 1.29 is 8.42 Å². The SMILES string of the molecule is Cc1nc(N)nc(NC2CCN(S(C)(=O)=O)CC2)c1C. The molecule has 1 saturated heterocycles. The fraction of sp³-hybridized carbons (Fsp3) is 0.667. The van der Waals surface area contributed by atoms with E-state index in [1.807, 2.05) is 13.8 Å². The van der Waals surface area contributed by atoms with E-state index in [0.29, 0.717) is 13.1 Å². The summed E-state index contributed by atoms with van der Waals surface area (Å²) < 4.78 is 24.4. The lowest BCUT2D eigenvalue weighted by Gasteiger charge is -2.31. The van der Waals surface area contributed by atoms with Crippen LogP contribution in [0.5, 0.6) is 0 Å². The summed E-state index contributed by atoms with van der Waals surface area (Å²) in [6, 6.07) is 0.209. The molecule has 0 aliphatic carbocycles. The lowest BCUT2D eigenvalue weighted by atomic mass is 10.1. The number of anilines is 2. The Morgan fingerprint density at radius 1 is 1.25 bits per heavy atom. The molecule has 1 aromatic rings. The summed E-state index contributed by atoms with van der Waals surface area (Å²) in [4.78, 5) is 8.33. The zero-order valence-corrected chi connectivity index (χ0v) is 12.9. The number of nitrogens with one attached hydrogen (secondary N) is 1. The van der Waals surface area contributed by atoms with Crippen molar-refractivity contribution in [2.24, 2.45) is 0 Å². The van der Waals surface area contributed by atoms with Gasteiger partial charge in [-0.2, -0.15) is 4.98 Å². The second-order valence-electron chi connectivity index (χ2n) is 5.22. The zero-order valence-electron chi connectivity index (χ0n) is 12.0. The molecule has 112 valence electrons. The van der Waals surface area contributed by atoms with Gasteiger partial charge in [-0.3, -0.25) is 0 Å². The lowest BCUT2D eigenvalue weighted by molar-refractivity contribution is 0.331. The van der Waals surface area contributed by atoms with Gasteiger partial charge in [0.25, 0.3) is 0 Å². The second-order valence-corrected chi connectivity index (χ2v) is 7.20. The third-order valence-corrected chi connectivity index (χ3v) is 4.97. The molecule has 20 heavy (non-hydrogen) atoms. The van der Waals surface area contributed by atoms with Gasteiger partial charge in [-0.15, -0.1) is 0 Å². The molecule has 1 aliphatic heterocycles. The normalized spacial score (nSPS) is 18.1. The maximum absolute atomic E-state index is 11.5. The van der Waals surface area contributed by atoms with Gasteiger partial charge < -0.3 is 11.1 Å². The van der Waals surface area contributed by atoms with Gasteiger partial charge in [-0.1, -0.05) is 0 Å². The van der Waals surface area contributed by atoms with E-state index in [-0.39, 0.29) is 12.0 Å². The highest BCUT2D eigenvalue weighted by Crippen LogP contribution is 2.21. The van der Waals surface area contributed by atoms with Crippen LogP contribution in [0.25, 0.3) is 0 Å². The molecule has 0 aromatic carbocycles. The standard InChI is InChI=1S/C12H21N5O2S/c1-8-9(2)14-12(13)16-11(8)15-10-4-6-17(7-5-10)20(3,18)19/h10H,4-7H2,1-3H3,(H3,13,14,15,16). The number of hydrogen-bond acceptors (Lipinski definition) is 6. The van der Waals surface area contributed by atoms with E-state index >= 15 is 0 Å². The first-order valence-electron chi connectivity index (χ1n) is 6.59. The van der Waals surface area contributed by atoms with Crippen molar-refractivity contribution in [1.29, 1.82) is 0 Å². The Morgan fingerprint density at radius 3 is 2.40 bits per heavy atom. The first-order chi connectivity index (χ1) is 9.27. The number of aryl methyl sites for hydroxylation is 1. The van der Waals surface area contributed by atoms with E-state index in [0.717, 1.165) is 29.9 Å². The number of nitrogens with zero attached hydrogens (tertiary/aromatic N) is 3. The van der Waals surface area contributed by atoms with E-state index in [1.165, 1.54) is 10.6 Å². The lowest BCUT2D eigenvalue weighted by Crippen LogP contribution is -2.42. The molecule has 7 nitrogen and oxygen atoms in total. The van der Waals surface area contributed by atoms with Crippen LogP contribution in [0.15, 0.2) is 0 Å². The van der Waals surface area contributed by atoms with Gasteiger partial charge in [0.05, 0.1) is 6.26 Å². The largest absolute Gasteiger partial charge is 0.368 e. The summed E-state index contributed by atoms with van der Waals surface area (Å²) in [5, 5.41) is 3.35. The molecule has 3 N–H and O–H groups in total.